The zero-order chi connectivity index (χ0) is 15.2. The number of aryl methyl sites for hydroxylation is 1. The van der Waals surface area contributed by atoms with Crippen LogP contribution in [-0.2, 0) is 6.42 Å². The topological polar surface area (TPSA) is 38.3 Å². The number of halogens is 1. The van der Waals surface area contributed by atoms with Crippen molar-refractivity contribution in [3.05, 3.63) is 63.6 Å². The second-order valence-electron chi connectivity index (χ2n) is 4.83. The van der Waals surface area contributed by atoms with E-state index in [-0.39, 0.29) is 5.91 Å². The summed E-state index contributed by atoms with van der Waals surface area (Å²) >= 11 is 3.37. The van der Waals surface area contributed by atoms with Crippen molar-refractivity contribution < 1.29 is 9.53 Å². The van der Waals surface area contributed by atoms with Crippen molar-refractivity contribution in [1.82, 2.24) is 5.32 Å². The molecule has 0 radical (unpaired) electrons. The molecule has 3 nitrogen and oxygen atoms in total. The Balaban J connectivity index is 1.95. The van der Waals surface area contributed by atoms with E-state index in [1.54, 1.807) is 13.2 Å². The molecule has 0 aliphatic rings. The fraction of sp³-hybridized carbons (Fsp3) is 0.235. The van der Waals surface area contributed by atoms with Gasteiger partial charge in [0.05, 0.1) is 7.11 Å². The van der Waals surface area contributed by atoms with Gasteiger partial charge in [0.1, 0.15) is 5.75 Å². The van der Waals surface area contributed by atoms with Crippen LogP contribution in [-0.4, -0.2) is 19.6 Å². The maximum absolute atomic E-state index is 12.0. The van der Waals surface area contributed by atoms with E-state index < -0.39 is 0 Å². The minimum atomic E-state index is -0.0667. The monoisotopic (exact) mass is 347 g/mol. The Morgan fingerprint density at radius 2 is 2.05 bits per heavy atom. The summed E-state index contributed by atoms with van der Waals surface area (Å²) in [7, 11) is 1.66. The molecular weight excluding hydrogens is 330 g/mol. The molecule has 2 rings (SSSR count). The molecule has 1 amide bonds. The van der Waals surface area contributed by atoms with Crippen LogP contribution in [0.15, 0.2) is 46.9 Å². The predicted molar refractivity (Wildman–Crippen MR) is 87.9 cm³/mol. The van der Waals surface area contributed by atoms with E-state index >= 15 is 0 Å². The zero-order valence-electron chi connectivity index (χ0n) is 12.2. The van der Waals surface area contributed by atoms with E-state index in [1.807, 2.05) is 37.3 Å². The molecule has 0 heterocycles. The smallest absolute Gasteiger partial charge is 0.251 e. The number of hydrogen-bond donors (Lipinski definition) is 1. The molecule has 2 aromatic carbocycles. The highest BCUT2D eigenvalue weighted by molar-refractivity contribution is 9.10. The van der Waals surface area contributed by atoms with Crippen molar-refractivity contribution in [3.8, 4) is 5.75 Å². The number of ether oxygens (including phenoxy) is 1. The number of nitrogens with one attached hydrogen (secondary N) is 1. The van der Waals surface area contributed by atoms with Gasteiger partial charge in [-0.2, -0.15) is 0 Å². The van der Waals surface area contributed by atoms with Gasteiger partial charge in [-0.05, 0) is 43.2 Å². The van der Waals surface area contributed by atoms with Crippen molar-refractivity contribution in [1.29, 1.82) is 0 Å². The van der Waals surface area contributed by atoms with Crippen molar-refractivity contribution in [3.63, 3.8) is 0 Å². The van der Waals surface area contributed by atoms with Gasteiger partial charge in [0.25, 0.3) is 5.91 Å². The van der Waals surface area contributed by atoms with Crippen LogP contribution in [0.25, 0.3) is 0 Å². The summed E-state index contributed by atoms with van der Waals surface area (Å²) in [5.41, 5.74) is 2.94. The summed E-state index contributed by atoms with van der Waals surface area (Å²) < 4.78 is 6.24. The highest BCUT2D eigenvalue weighted by Crippen LogP contribution is 2.19. The number of carbonyl (C=O) groups is 1. The lowest BCUT2D eigenvalue weighted by molar-refractivity contribution is 0.0954. The Hall–Kier alpha value is -1.81. The lowest BCUT2D eigenvalue weighted by Gasteiger charge is -2.10. The van der Waals surface area contributed by atoms with Crippen LogP contribution >= 0.6 is 15.9 Å². The molecule has 2 aromatic rings. The third-order valence-electron chi connectivity index (χ3n) is 3.20. The van der Waals surface area contributed by atoms with Gasteiger partial charge in [-0.25, -0.2) is 0 Å². The number of amides is 1. The molecule has 1 N–H and O–H groups in total. The number of methoxy groups -OCH3 is 1. The Bertz CT molecular complexity index is 640. The number of hydrogen-bond acceptors (Lipinski definition) is 2. The van der Waals surface area contributed by atoms with Crippen LogP contribution in [0.4, 0.5) is 0 Å². The van der Waals surface area contributed by atoms with Gasteiger partial charge < -0.3 is 10.1 Å². The molecule has 0 unspecified atom stereocenters. The van der Waals surface area contributed by atoms with Crippen LogP contribution < -0.4 is 10.1 Å². The maximum atomic E-state index is 12.0. The Morgan fingerprint density at radius 1 is 1.24 bits per heavy atom. The predicted octanol–water partition coefficient (Wildman–Crippen LogP) is 3.74. The van der Waals surface area contributed by atoms with Crippen molar-refractivity contribution >= 4 is 21.8 Å². The average Bonchev–Trinajstić information content (AvgIpc) is 2.47. The molecule has 21 heavy (non-hydrogen) atoms. The minimum absolute atomic E-state index is 0.0667. The largest absolute Gasteiger partial charge is 0.496 e. The van der Waals surface area contributed by atoms with Crippen LogP contribution in [0.5, 0.6) is 5.75 Å². The van der Waals surface area contributed by atoms with E-state index in [9.17, 15) is 4.79 Å². The Morgan fingerprint density at radius 3 is 2.76 bits per heavy atom. The van der Waals surface area contributed by atoms with Crippen molar-refractivity contribution in [2.75, 3.05) is 13.7 Å². The molecule has 110 valence electrons. The van der Waals surface area contributed by atoms with E-state index in [1.165, 1.54) is 5.56 Å². The fourth-order valence-electron chi connectivity index (χ4n) is 2.15. The maximum Gasteiger partial charge on any atom is 0.251 e. The molecule has 0 aromatic heterocycles. The number of rotatable bonds is 5. The van der Waals surface area contributed by atoms with E-state index in [0.717, 1.165) is 22.2 Å². The zero-order valence-corrected chi connectivity index (χ0v) is 13.7. The van der Waals surface area contributed by atoms with Gasteiger partial charge in [0.2, 0.25) is 0 Å². The number of benzene rings is 2. The van der Waals surface area contributed by atoms with Gasteiger partial charge in [-0.1, -0.05) is 39.7 Å². The highest BCUT2D eigenvalue weighted by atomic mass is 79.9. The normalized spacial score (nSPS) is 10.2. The fourth-order valence-corrected chi connectivity index (χ4v) is 2.54. The van der Waals surface area contributed by atoms with Gasteiger partial charge in [0, 0.05) is 16.6 Å². The molecule has 0 bridgehead atoms. The summed E-state index contributed by atoms with van der Waals surface area (Å²) in [6, 6.07) is 13.4. The second-order valence-corrected chi connectivity index (χ2v) is 5.75. The van der Waals surface area contributed by atoms with Gasteiger partial charge >= 0.3 is 0 Å². The van der Waals surface area contributed by atoms with Gasteiger partial charge in [-0.3, -0.25) is 4.79 Å². The van der Waals surface area contributed by atoms with Crippen LogP contribution in [0.1, 0.15) is 21.5 Å². The Kier molecular flexibility index (Phi) is 5.39. The van der Waals surface area contributed by atoms with Gasteiger partial charge in [-0.15, -0.1) is 0 Å². The second kappa shape index (κ2) is 7.27. The summed E-state index contributed by atoms with van der Waals surface area (Å²) in [4.78, 5) is 12.0. The quantitative estimate of drug-likeness (QED) is 0.894. The molecule has 0 saturated heterocycles. The van der Waals surface area contributed by atoms with Gasteiger partial charge in [0.15, 0.2) is 0 Å². The highest BCUT2D eigenvalue weighted by Gasteiger charge is 2.07. The number of carbonyl (C=O) groups excluding carboxylic acids is 1. The lowest BCUT2D eigenvalue weighted by Crippen LogP contribution is -2.25. The summed E-state index contributed by atoms with van der Waals surface area (Å²) in [5, 5.41) is 2.93. The first kappa shape index (κ1) is 15.6. The molecule has 0 fully saturated rings. The van der Waals surface area contributed by atoms with Crippen LogP contribution in [0.2, 0.25) is 0 Å². The first-order valence-corrected chi connectivity index (χ1v) is 7.56. The molecule has 0 saturated carbocycles. The molecule has 4 heteroatoms. The minimum Gasteiger partial charge on any atom is -0.496 e. The first-order valence-electron chi connectivity index (χ1n) is 6.77. The van der Waals surface area contributed by atoms with Crippen molar-refractivity contribution in [2.24, 2.45) is 0 Å². The van der Waals surface area contributed by atoms with E-state index in [0.29, 0.717) is 12.1 Å². The van der Waals surface area contributed by atoms with Crippen LogP contribution in [0, 0.1) is 6.92 Å². The molecule has 0 spiro atoms. The molecular formula is C17H18BrNO2. The first-order chi connectivity index (χ1) is 10.1. The van der Waals surface area contributed by atoms with Crippen LogP contribution in [0.3, 0.4) is 0 Å². The molecule has 0 atom stereocenters. The summed E-state index contributed by atoms with van der Waals surface area (Å²) in [6.45, 7) is 2.62. The third-order valence-corrected chi connectivity index (χ3v) is 3.70. The lowest BCUT2D eigenvalue weighted by atomic mass is 10.1. The molecule has 0 aliphatic heterocycles. The molecule has 0 aliphatic carbocycles. The standard InChI is InChI=1S/C17H18BrNO2/c1-12-6-7-16(21-2)13(10-12)8-9-19-17(20)14-4-3-5-15(18)11-14/h3-7,10-11H,8-9H2,1-2H3,(H,19,20). The summed E-state index contributed by atoms with van der Waals surface area (Å²) in [5.74, 6) is 0.792. The van der Waals surface area contributed by atoms with Crippen molar-refractivity contribution in [2.45, 2.75) is 13.3 Å². The summed E-state index contributed by atoms with van der Waals surface area (Å²) in [6.07, 6.45) is 0.741. The van der Waals surface area contributed by atoms with E-state index in [4.69, 9.17) is 4.74 Å². The SMILES string of the molecule is COc1ccc(C)cc1CCNC(=O)c1cccc(Br)c1. The van der Waals surface area contributed by atoms with E-state index in [2.05, 4.69) is 27.3 Å². The third kappa shape index (κ3) is 4.33. The Labute approximate surface area is 133 Å². The average molecular weight is 348 g/mol.